The quantitative estimate of drug-likeness (QED) is 0.445. The van der Waals surface area contributed by atoms with Crippen molar-refractivity contribution in [3.63, 3.8) is 0 Å². The highest BCUT2D eigenvalue weighted by Gasteiger charge is 2.38. The van der Waals surface area contributed by atoms with Gasteiger partial charge < -0.3 is 14.5 Å². The van der Waals surface area contributed by atoms with Gasteiger partial charge in [-0.15, -0.1) is 0 Å². The zero-order chi connectivity index (χ0) is 24.6. The molecule has 1 aliphatic rings. The number of ether oxygens (including phenoxy) is 1. The second kappa shape index (κ2) is 9.43. The van der Waals surface area contributed by atoms with E-state index in [0.717, 1.165) is 24.8 Å². The van der Waals surface area contributed by atoms with Crippen LogP contribution in [0.15, 0.2) is 60.7 Å². The first kappa shape index (κ1) is 23.7. The maximum Gasteiger partial charge on any atom is 0.258 e. The molecule has 34 heavy (non-hydrogen) atoms. The van der Waals surface area contributed by atoms with Gasteiger partial charge in [-0.1, -0.05) is 29.8 Å². The van der Waals surface area contributed by atoms with Crippen molar-refractivity contribution in [2.45, 2.75) is 32.4 Å². The number of nitrogens with zero attached hydrogens (tertiary/aromatic N) is 2. The minimum absolute atomic E-state index is 0.128. The van der Waals surface area contributed by atoms with Crippen LogP contribution in [0.4, 0.5) is 20.2 Å². The Morgan fingerprint density at radius 1 is 1.06 bits per heavy atom. The molecule has 0 fully saturated rings. The van der Waals surface area contributed by atoms with Crippen molar-refractivity contribution in [3.05, 3.63) is 88.4 Å². The lowest BCUT2D eigenvalue weighted by Gasteiger charge is -2.43. The Balaban J connectivity index is 1.78. The van der Waals surface area contributed by atoms with E-state index in [9.17, 15) is 18.4 Å². The second-order valence-corrected chi connectivity index (χ2v) is 8.61. The molecule has 0 aliphatic carbocycles. The van der Waals surface area contributed by atoms with Gasteiger partial charge in [0.25, 0.3) is 5.91 Å². The van der Waals surface area contributed by atoms with Gasteiger partial charge in [0.05, 0.1) is 13.2 Å². The lowest BCUT2D eigenvalue weighted by molar-refractivity contribution is -0.117. The molecule has 3 aromatic rings. The lowest BCUT2D eigenvalue weighted by Crippen LogP contribution is -2.47. The number of fused-ring (bicyclic) bond motifs is 1. The molecule has 0 N–H and O–H groups in total. The first-order valence-electron chi connectivity index (χ1n) is 10.7. The van der Waals surface area contributed by atoms with Gasteiger partial charge in [-0.05, 0) is 61.4 Å². The van der Waals surface area contributed by atoms with Crippen LogP contribution in [0.5, 0.6) is 5.75 Å². The first-order chi connectivity index (χ1) is 16.2. The highest BCUT2D eigenvalue weighted by Crippen LogP contribution is 2.43. The number of carbonyl (C=O) groups excluding carboxylic acids is 2. The van der Waals surface area contributed by atoms with Crippen LogP contribution in [0.25, 0.3) is 0 Å². The van der Waals surface area contributed by atoms with Crippen LogP contribution in [0.1, 0.15) is 42.2 Å². The third-order valence-electron chi connectivity index (χ3n) is 5.98. The predicted octanol–water partition coefficient (Wildman–Crippen LogP) is 6.16. The molecule has 2 unspecified atom stereocenters. The van der Waals surface area contributed by atoms with E-state index in [1.165, 1.54) is 11.8 Å². The molecule has 8 heteroatoms. The van der Waals surface area contributed by atoms with Crippen LogP contribution in [0.3, 0.4) is 0 Å². The average molecular weight is 485 g/mol. The zero-order valence-corrected chi connectivity index (χ0v) is 19.6. The third kappa shape index (κ3) is 4.23. The Labute approximate surface area is 201 Å². The van der Waals surface area contributed by atoms with E-state index in [2.05, 4.69) is 0 Å². The van der Waals surface area contributed by atoms with E-state index in [-0.39, 0.29) is 23.6 Å². The summed E-state index contributed by atoms with van der Waals surface area (Å²) in [7, 11) is 1.16. The summed E-state index contributed by atoms with van der Waals surface area (Å²) in [5.74, 6) is -3.14. The van der Waals surface area contributed by atoms with Crippen molar-refractivity contribution in [3.8, 4) is 5.75 Å². The van der Waals surface area contributed by atoms with Crippen molar-refractivity contribution < 1.29 is 23.1 Å². The number of carbonyl (C=O) groups is 2. The minimum atomic E-state index is -0.952. The molecule has 2 atom stereocenters. The standard InChI is InChI=1S/C26H23ClF2N2O3/c1-15-12-24(31(16(2)32)19-10-8-18(27)9-11-19)20-6-4-5-7-23(20)30(15)26(33)17-13-21(28)25(34-3)22(29)14-17/h4-11,13-15,24H,12H2,1-3H3. The Hall–Kier alpha value is -3.45. The molecule has 0 bridgehead atoms. The van der Waals surface area contributed by atoms with Gasteiger partial charge >= 0.3 is 0 Å². The fourth-order valence-electron chi connectivity index (χ4n) is 4.54. The maximum absolute atomic E-state index is 14.3. The van der Waals surface area contributed by atoms with Crippen molar-refractivity contribution in [1.82, 2.24) is 0 Å². The van der Waals surface area contributed by atoms with Crippen LogP contribution < -0.4 is 14.5 Å². The van der Waals surface area contributed by atoms with Gasteiger partial charge in [0, 0.05) is 34.9 Å². The third-order valence-corrected chi connectivity index (χ3v) is 6.24. The van der Waals surface area contributed by atoms with Crippen LogP contribution in [0.2, 0.25) is 5.02 Å². The largest absolute Gasteiger partial charge is 0.491 e. The molecular formula is C26H23ClF2N2O3. The van der Waals surface area contributed by atoms with E-state index in [1.807, 2.05) is 19.1 Å². The van der Waals surface area contributed by atoms with Crippen molar-refractivity contribution >= 4 is 34.8 Å². The number of para-hydroxylation sites is 1. The van der Waals surface area contributed by atoms with Crippen molar-refractivity contribution in [2.24, 2.45) is 0 Å². The number of hydrogen-bond acceptors (Lipinski definition) is 3. The van der Waals surface area contributed by atoms with E-state index in [4.69, 9.17) is 16.3 Å². The Kier molecular flexibility index (Phi) is 6.57. The molecule has 3 aromatic carbocycles. The zero-order valence-electron chi connectivity index (χ0n) is 18.9. The minimum Gasteiger partial charge on any atom is -0.491 e. The number of amides is 2. The fourth-order valence-corrected chi connectivity index (χ4v) is 4.66. The molecule has 4 rings (SSSR count). The Morgan fingerprint density at radius 3 is 2.26 bits per heavy atom. The summed E-state index contributed by atoms with van der Waals surface area (Å²) in [5.41, 5.74) is 1.89. The Bertz CT molecular complexity index is 1230. The smallest absolute Gasteiger partial charge is 0.258 e. The molecule has 0 radical (unpaired) electrons. The predicted molar refractivity (Wildman–Crippen MR) is 128 cm³/mol. The molecular weight excluding hydrogens is 462 g/mol. The number of benzene rings is 3. The SMILES string of the molecule is COc1c(F)cc(C(=O)N2c3ccccc3C(N(C(C)=O)c3ccc(Cl)cc3)CC2C)cc1F. The number of anilines is 2. The molecule has 0 aromatic heterocycles. The maximum atomic E-state index is 14.3. The normalized spacial score (nSPS) is 17.2. The number of methoxy groups -OCH3 is 1. The summed E-state index contributed by atoms with van der Waals surface area (Å²) in [6.45, 7) is 3.33. The highest BCUT2D eigenvalue weighted by atomic mass is 35.5. The van der Waals surface area contributed by atoms with E-state index in [0.29, 0.717) is 22.8 Å². The molecule has 2 amide bonds. The molecule has 0 saturated carbocycles. The van der Waals surface area contributed by atoms with E-state index >= 15 is 0 Å². The summed E-state index contributed by atoms with van der Waals surface area (Å²) < 4.78 is 33.4. The molecule has 1 aliphatic heterocycles. The lowest BCUT2D eigenvalue weighted by atomic mass is 9.89. The monoisotopic (exact) mass is 484 g/mol. The highest BCUT2D eigenvalue weighted by molar-refractivity contribution is 6.30. The second-order valence-electron chi connectivity index (χ2n) is 8.17. The fraction of sp³-hybridized carbons (Fsp3) is 0.231. The average Bonchev–Trinajstić information content (AvgIpc) is 2.80. The summed E-state index contributed by atoms with van der Waals surface area (Å²) in [6, 6.07) is 15.5. The van der Waals surface area contributed by atoms with Crippen molar-refractivity contribution in [2.75, 3.05) is 16.9 Å². The molecule has 176 valence electrons. The van der Waals surface area contributed by atoms with E-state index < -0.39 is 23.3 Å². The van der Waals surface area contributed by atoms with Crippen molar-refractivity contribution in [1.29, 1.82) is 0 Å². The van der Waals surface area contributed by atoms with Gasteiger partial charge in [-0.3, -0.25) is 9.59 Å². The van der Waals surface area contributed by atoms with Gasteiger partial charge in [-0.2, -0.15) is 0 Å². The van der Waals surface area contributed by atoms with Crippen LogP contribution in [-0.2, 0) is 4.79 Å². The molecule has 0 spiro atoms. The summed E-state index contributed by atoms with van der Waals surface area (Å²) in [4.78, 5) is 29.4. The van der Waals surface area contributed by atoms with Gasteiger partial charge in [0.2, 0.25) is 5.91 Å². The van der Waals surface area contributed by atoms with Crippen LogP contribution >= 0.6 is 11.6 Å². The van der Waals surface area contributed by atoms with E-state index in [1.54, 1.807) is 41.3 Å². The number of halogens is 3. The Morgan fingerprint density at radius 2 is 1.68 bits per heavy atom. The molecule has 5 nitrogen and oxygen atoms in total. The van der Waals surface area contributed by atoms with Gasteiger partial charge in [0.1, 0.15) is 0 Å². The van der Waals surface area contributed by atoms with Crippen LogP contribution in [-0.4, -0.2) is 25.0 Å². The summed E-state index contributed by atoms with van der Waals surface area (Å²) >= 11 is 6.03. The first-order valence-corrected chi connectivity index (χ1v) is 11.1. The summed E-state index contributed by atoms with van der Waals surface area (Å²) in [6.07, 6.45) is 0.423. The molecule has 1 heterocycles. The number of rotatable bonds is 4. The number of hydrogen-bond donors (Lipinski definition) is 0. The summed E-state index contributed by atoms with van der Waals surface area (Å²) in [5, 5.41) is 0.556. The topological polar surface area (TPSA) is 49.9 Å². The molecule has 0 saturated heterocycles. The van der Waals surface area contributed by atoms with Gasteiger partial charge in [-0.25, -0.2) is 8.78 Å². The van der Waals surface area contributed by atoms with Gasteiger partial charge in [0.15, 0.2) is 17.4 Å². The van der Waals surface area contributed by atoms with Crippen LogP contribution in [0, 0.1) is 11.6 Å².